The van der Waals surface area contributed by atoms with Crippen LogP contribution in [0.5, 0.6) is 0 Å². The minimum absolute atomic E-state index is 0.0240. The third kappa shape index (κ3) is 2.62. The Morgan fingerprint density at radius 2 is 2.45 bits per heavy atom. The standard InChI is InChI=1S/C14H17N3O2S/c15-7-9-3-1-4-10(9)13(18)17-14-16-11(8-20-14)12-5-2-6-19-12/h2,5-6,8-10H,1,3-4,7,15H2,(H,16,17,18)/t9-,10-/m1/s1. The van der Waals surface area contributed by atoms with Crippen LogP contribution in [0.4, 0.5) is 5.13 Å². The second kappa shape index (κ2) is 5.76. The zero-order valence-corrected chi connectivity index (χ0v) is 11.9. The van der Waals surface area contributed by atoms with E-state index >= 15 is 0 Å². The highest BCUT2D eigenvalue weighted by Gasteiger charge is 2.32. The summed E-state index contributed by atoms with van der Waals surface area (Å²) in [7, 11) is 0. The lowest BCUT2D eigenvalue weighted by atomic mass is 9.95. The molecule has 2 atom stereocenters. The fourth-order valence-electron chi connectivity index (χ4n) is 2.73. The first-order valence-electron chi connectivity index (χ1n) is 6.78. The van der Waals surface area contributed by atoms with E-state index < -0.39 is 0 Å². The number of nitrogens with one attached hydrogen (secondary N) is 1. The molecule has 1 aliphatic rings. The Labute approximate surface area is 121 Å². The van der Waals surface area contributed by atoms with Gasteiger partial charge in [-0.25, -0.2) is 4.98 Å². The lowest BCUT2D eigenvalue weighted by Crippen LogP contribution is -2.29. The predicted molar refractivity (Wildman–Crippen MR) is 78.3 cm³/mol. The number of rotatable bonds is 4. The highest BCUT2D eigenvalue weighted by molar-refractivity contribution is 7.14. The molecule has 0 saturated heterocycles. The molecule has 2 aromatic heterocycles. The maximum absolute atomic E-state index is 12.3. The van der Waals surface area contributed by atoms with Crippen molar-refractivity contribution in [3.8, 4) is 11.5 Å². The van der Waals surface area contributed by atoms with E-state index in [1.54, 1.807) is 6.26 Å². The van der Waals surface area contributed by atoms with Gasteiger partial charge < -0.3 is 15.5 Å². The molecule has 0 unspecified atom stereocenters. The van der Waals surface area contributed by atoms with Crippen molar-refractivity contribution >= 4 is 22.4 Å². The van der Waals surface area contributed by atoms with Crippen LogP contribution in [-0.2, 0) is 4.79 Å². The Hall–Kier alpha value is -1.66. The molecule has 6 heteroatoms. The molecule has 0 spiro atoms. The van der Waals surface area contributed by atoms with Gasteiger partial charge in [0, 0.05) is 11.3 Å². The first-order valence-corrected chi connectivity index (χ1v) is 7.66. The quantitative estimate of drug-likeness (QED) is 0.907. The van der Waals surface area contributed by atoms with Crippen molar-refractivity contribution in [3.05, 3.63) is 23.8 Å². The smallest absolute Gasteiger partial charge is 0.229 e. The van der Waals surface area contributed by atoms with E-state index in [9.17, 15) is 4.79 Å². The molecule has 1 aliphatic carbocycles. The van der Waals surface area contributed by atoms with Crippen LogP contribution in [0.2, 0.25) is 0 Å². The molecule has 20 heavy (non-hydrogen) atoms. The van der Waals surface area contributed by atoms with Crippen LogP contribution < -0.4 is 11.1 Å². The van der Waals surface area contributed by atoms with Crippen LogP contribution >= 0.6 is 11.3 Å². The molecule has 1 amide bonds. The monoisotopic (exact) mass is 291 g/mol. The third-order valence-corrected chi connectivity index (χ3v) is 4.56. The fraction of sp³-hybridized carbons (Fsp3) is 0.429. The van der Waals surface area contributed by atoms with E-state index in [2.05, 4.69) is 10.3 Å². The Kier molecular flexibility index (Phi) is 3.84. The molecule has 3 rings (SSSR count). The van der Waals surface area contributed by atoms with E-state index in [-0.39, 0.29) is 11.8 Å². The second-order valence-corrected chi connectivity index (χ2v) is 5.90. The third-order valence-electron chi connectivity index (χ3n) is 3.81. The molecule has 2 heterocycles. The van der Waals surface area contributed by atoms with Crippen LogP contribution in [0, 0.1) is 11.8 Å². The van der Waals surface area contributed by atoms with Gasteiger partial charge in [0.1, 0.15) is 5.69 Å². The van der Waals surface area contributed by atoms with Gasteiger partial charge in [0.25, 0.3) is 0 Å². The van der Waals surface area contributed by atoms with E-state index in [1.165, 1.54) is 11.3 Å². The van der Waals surface area contributed by atoms with Crippen molar-refractivity contribution in [2.45, 2.75) is 19.3 Å². The molecule has 0 aromatic carbocycles. The van der Waals surface area contributed by atoms with E-state index in [1.807, 2.05) is 17.5 Å². The Morgan fingerprint density at radius 1 is 1.55 bits per heavy atom. The Morgan fingerprint density at radius 3 is 3.20 bits per heavy atom. The zero-order valence-electron chi connectivity index (χ0n) is 11.0. The Balaban J connectivity index is 1.67. The van der Waals surface area contributed by atoms with Gasteiger partial charge >= 0.3 is 0 Å². The number of aromatic nitrogens is 1. The summed E-state index contributed by atoms with van der Waals surface area (Å²) in [5, 5.41) is 5.40. The van der Waals surface area contributed by atoms with Crippen molar-refractivity contribution in [1.82, 2.24) is 4.98 Å². The van der Waals surface area contributed by atoms with Gasteiger partial charge in [-0.3, -0.25) is 4.79 Å². The minimum Gasteiger partial charge on any atom is -0.463 e. The molecule has 0 bridgehead atoms. The highest BCUT2D eigenvalue weighted by Crippen LogP contribution is 2.32. The molecular formula is C14H17N3O2S. The summed E-state index contributed by atoms with van der Waals surface area (Å²) < 4.78 is 5.29. The van der Waals surface area contributed by atoms with Crippen LogP contribution in [0.3, 0.4) is 0 Å². The van der Waals surface area contributed by atoms with Gasteiger partial charge in [-0.1, -0.05) is 6.42 Å². The molecule has 5 nitrogen and oxygen atoms in total. The SMILES string of the molecule is NC[C@H]1CCC[C@H]1C(=O)Nc1nc(-c2ccco2)cs1. The summed E-state index contributed by atoms with van der Waals surface area (Å²) in [4.78, 5) is 16.6. The van der Waals surface area contributed by atoms with Crippen LogP contribution in [0.15, 0.2) is 28.2 Å². The topological polar surface area (TPSA) is 81.2 Å². The maximum Gasteiger partial charge on any atom is 0.229 e. The van der Waals surface area contributed by atoms with E-state index in [0.29, 0.717) is 23.4 Å². The number of carbonyl (C=O) groups is 1. The van der Waals surface area contributed by atoms with Crippen LogP contribution in [-0.4, -0.2) is 17.4 Å². The molecular weight excluding hydrogens is 274 g/mol. The lowest BCUT2D eigenvalue weighted by Gasteiger charge is -2.16. The van der Waals surface area contributed by atoms with Crippen LogP contribution in [0.25, 0.3) is 11.5 Å². The number of nitrogens with zero attached hydrogens (tertiary/aromatic N) is 1. The second-order valence-electron chi connectivity index (χ2n) is 5.04. The lowest BCUT2D eigenvalue weighted by molar-refractivity contribution is -0.120. The van der Waals surface area contributed by atoms with Gasteiger partial charge in [0.15, 0.2) is 10.9 Å². The van der Waals surface area contributed by atoms with E-state index in [4.69, 9.17) is 10.2 Å². The van der Waals surface area contributed by atoms with Gasteiger partial charge in [0.2, 0.25) is 5.91 Å². The zero-order chi connectivity index (χ0) is 13.9. The average Bonchev–Trinajstić information content (AvgIpc) is 3.19. The first-order chi connectivity index (χ1) is 9.78. The molecule has 2 aromatic rings. The summed E-state index contributed by atoms with van der Waals surface area (Å²) in [5.41, 5.74) is 6.47. The molecule has 3 N–H and O–H groups in total. The van der Waals surface area contributed by atoms with Crippen molar-refractivity contribution in [2.24, 2.45) is 17.6 Å². The van der Waals surface area contributed by atoms with Crippen molar-refractivity contribution in [3.63, 3.8) is 0 Å². The summed E-state index contributed by atoms with van der Waals surface area (Å²) in [6, 6.07) is 3.67. The molecule has 1 fully saturated rings. The molecule has 0 aliphatic heterocycles. The van der Waals surface area contributed by atoms with Crippen LogP contribution in [0.1, 0.15) is 19.3 Å². The minimum atomic E-state index is 0.0240. The van der Waals surface area contributed by atoms with Crippen molar-refractivity contribution < 1.29 is 9.21 Å². The molecule has 0 radical (unpaired) electrons. The maximum atomic E-state index is 12.3. The summed E-state index contributed by atoms with van der Waals surface area (Å²) in [6.07, 6.45) is 4.65. The van der Waals surface area contributed by atoms with Gasteiger partial charge in [0.05, 0.1) is 6.26 Å². The number of nitrogens with two attached hydrogens (primary N) is 1. The number of carbonyl (C=O) groups excluding carboxylic acids is 1. The number of hydrogen-bond donors (Lipinski definition) is 2. The normalized spacial score (nSPS) is 22.1. The number of hydrogen-bond acceptors (Lipinski definition) is 5. The van der Waals surface area contributed by atoms with Gasteiger partial charge in [-0.2, -0.15) is 0 Å². The number of amides is 1. The predicted octanol–water partition coefficient (Wildman–Crippen LogP) is 2.72. The number of furan rings is 1. The van der Waals surface area contributed by atoms with Gasteiger partial charge in [-0.15, -0.1) is 11.3 Å². The average molecular weight is 291 g/mol. The van der Waals surface area contributed by atoms with Crippen molar-refractivity contribution in [1.29, 1.82) is 0 Å². The molecule has 1 saturated carbocycles. The number of thiazole rings is 1. The summed E-state index contributed by atoms with van der Waals surface area (Å²) in [6.45, 7) is 0.577. The fourth-order valence-corrected chi connectivity index (χ4v) is 3.43. The van der Waals surface area contributed by atoms with E-state index in [0.717, 1.165) is 25.0 Å². The van der Waals surface area contributed by atoms with Crippen molar-refractivity contribution in [2.75, 3.05) is 11.9 Å². The highest BCUT2D eigenvalue weighted by atomic mass is 32.1. The Bertz CT molecular complexity index is 579. The molecule has 106 valence electrons. The summed E-state index contributed by atoms with van der Waals surface area (Å²) >= 11 is 1.41. The summed E-state index contributed by atoms with van der Waals surface area (Å²) in [5.74, 6) is 1.08. The number of anilines is 1. The first kappa shape index (κ1) is 13.3. The largest absolute Gasteiger partial charge is 0.463 e. The van der Waals surface area contributed by atoms with Gasteiger partial charge in [-0.05, 0) is 37.4 Å².